The van der Waals surface area contributed by atoms with E-state index in [0.717, 1.165) is 12.8 Å². The molecule has 0 bridgehead atoms. The number of nitrogens with one attached hydrogen (secondary N) is 1. The molecule has 0 amide bonds. The molecule has 1 aliphatic carbocycles. The lowest BCUT2D eigenvalue weighted by atomic mass is 10.2. The number of aromatic nitrogens is 1. The number of nitro groups is 1. The van der Waals surface area contributed by atoms with Gasteiger partial charge in [-0.15, -0.1) is 0 Å². The topological polar surface area (TPSA) is 91.9 Å². The van der Waals surface area contributed by atoms with Gasteiger partial charge in [0, 0.05) is 12.1 Å². The summed E-state index contributed by atoms with van der Waals surface area (Å²) in [5.41, 5.74) is -0.387. The Hall–Kier alpha value is -2.16. The van der Waals surface area contributed by atoms with Crippen LogP contribution in [0.3, 0.4) is 0 Å². The van der Waals surface area contributed by atoms with Crippen molar-refractivity contribution in [2.45, 2.75) is 32.2 Å². The molecule has 0 aliphatic heterocycles. The second kappa shape index (κ2) is 5.00. The summed E-state index contributed by atoms with van der Waals surface area (Å²) in [6.45, 7) is 2.15. The summed E-state index contributed by atoms with van der Waals surface area (Å²) < 4.78 is 0. The van der Waals surface area contributed by atoms with Crippen LogP contribution >= 0.6 is 0 Å². The van der Waals surface area contributed by atoms with Gasteiger partial charge in [0.05, 0.1) is 4.92 Å². The van der Waals surface area contributed by atoms with Crippen molar-refractivity contribution in [3.63, 3.8) is 0 Å². The van der Waals surface area contributed by atoms with Gasteiger partial charge >= 0.3 is 5.69 Å². The molecule has 1 heterocycles. The largest absolute Gasteiger partial charge is 0.367 e. The molecular weight excluding hydrogens is 232 g/mol. The predicted molar refractivity (Wildman–Crippen MR) is 66.0 cm³/mol. The Morgan fingerprint density at radius 2 is 2.44 bits per heavy atom. The molecular formula is C12H14N4O2. The molecule has 0 saturated heterocycles. The number of nitriles is 1. The molecule has 94 valence electrons. The summed E-state index contributed by atoms with van der Waals surface area (Å²) in [6, 6.07) is 5.03. The van der Waals surface area contributed by atoms with E-state index in [1.807, 2.05) is 0 Å². The monoisotopic (exact) mass is 246 g/mol. The van der Waals surface area contributed by atoms with Gasteiger partial charge in [-0.05, 0) is 24.8 Å². The fraction of sp³-hybridized carbons (Fsp3) is 0.500. The Kier molecular flexibility index (Phi) is 3.42. The molecule has 1 aliphatic rings. The van der Waals surface area contributed by atoms with Gasteiger partial charge in [0.25, 0.3) is 0 Å². The molecule has 1 aromatic rings. The Balaban J connectivity index is 2.07. The number of hydrogen-bond donors (Lipinski definition) is 1. The minimum Gasteiger partial charge on any atom is -0.367 e. The fourth-order valence-corrected chi connectivity index (χ4v) is 2.07. The SMILES string of the molecule is CCCC1CC1Nc1ccc([N+](=O)[O-])c(C#N)n1. The zero-order chi connectivity index (χ0) is 13.1. The highest BCUT2D eigenvalue weighted by Crippen LogP contribution is 2.37. The fourth-order valence-electron chi connectivity index (χ4n) is 2.07. The highest BCUT2D eigenvalue weighted by atomic mass is 16.6. The first-order valence-electron chi connectivity index (χ1n) is 5.97. The molecule has 2 unspecified atom stereocenters. The van der Waals surface area contributed by atoms with Crippen LogP contribution in [0, 0.1) is 27.4 Å². The van der Waals surface area contributed by atoms with Crippen molar-refractivity contribution in [2.24, 2.45) is 5.92 Å². The van der Waals surface area contributed by atoms with Gasteiger partial charge < -0.3 is 5.32 Å². The van der Waals surface area contributed by atoms with Crippen LogP contribution in [0.1, 0.15) is 31.9 Å². The molecule has 1 saturated carbocycles. The zero-order valence-electron chi connectivity index (χ0n) is 10.1. The number of pyridine rings is 1. The van der Waals surface area contributed by atoms with E-state index in [4.69, 9.17) is 5.26 Å². The van der Waals surface area contributed by atoms with Gasteiger partial charge in [-0.2, -0.15) is 5.26 Å². The van der Waals surface area contributed by atoms with E-state index in [0.29, 0.717) is 17.8 Å². The smallest absolute Gasteiger partial charge is 0.305 e. The van der Waals surface area contributed by atoms with Crippen LogP contribution in [0.15, 0.2) is 12.1 Å². The van der Waals surface area contributed by atoms with E-state index < -0.39 is 4.92 Å². The summed E-state index contributed by atoms with van der Waals surface area (Å²) in [4.78, 5) is 14.0. The second-order valence-electron chi connectivity index (χ2n) is 4.47. The van der Waals surface area contributed by atoms with Crippen molar-refractivity contribution in [3.8, 4) is 6.07 Å². The van der Waals surface area contributed by atoms with Crippen molar-refractivity contribution in [2.75, 3.05) is 5.32 Å². The number of anilines is 1. The predicted octanol–water partition coefficient (Wildman–Crippen LogP) is 2.46. The molecule has 1 N–H and O–H groups in total. The third kappa shape index (κ3) is 2.56. The number of rotatable bonds is 5. The van der Waals surface area contributed by atoms with E-state index in [1.54, 1.807) is 12.1 Å². The summed E-state index contributed by atoms with van der Waals surface area (Å²) >= 11 is 0. The summed E-state index contributed by atoms with van der Waals surface area (Å²) in [5, 5.41) is 22.7. The minimum absolute atomic E-state index is 0.141. The molecule has 6 nitrogen and oxygen atoms in total. The molecule has 0 aromatic carbocycles. The third-order valence-corrected chi connectivity index (χ3v) is 3.09. The van der Waals surface area contributed by atoms with Crippen LogP contribution in [-0.4, -0.2) is 15.9 Å². The molecule has 1 fully saturated rings. The maximum Gasteiger partial charge on any atom is 0.305 e. The number of hydrogen-bond acceptors (Lipinski definition) is 5. The lowest BCUT2D eigenvalue weighted by Crippen LogP contribution is -2.07. The van der Waals surface area contributed by atoms with Crippen LogP contribution in [0.5, 0.6) is 0 Å². The third-order valence-electron chi connectivity index (χ3n) is 3.09. The minimum atomic E-state index is -0.591. The van der Waals surface area contributed by atoms with Crippen LogP contribution in [0.2, 0.25) is 0 Å². The van der Waals surface area contributed by atoms with Gasteiger partial charge in [-0.1, -0.05) is 13.3 Å². The Morgan fingerprint density at radius 3 is 3.06 bits per heavy atom. The summed E-state index contributed by atoms with van der Waals surface area (Å²) in [7, 11) is 0. The summed E-state index contributed by atoms with van der Waals surface area (Å²) in [6.07, 6.45) is 3.43. The Morgan fingerprint density at radius 1 is 1.67 bits per heavy atom. The van der Waals surface area contributed by atoms with Gasteiger partial charge in [-0.25, -0.2) is 4.98 Å². The van der Waals surface area contributed by atoms with Crippen molar-refractivity contribution in [1.82, 2.24) is 4.98 Å². The van der Waals surface area contributed by atoms with Crippen LogP contribution < -0.4 is 5.32 Å². The van der Waals surface area contributed by atoms with E-state index in [2.05, 4.69) is 17.2 Å². The lowest BCUT2D eigenvalue weighted by molar-refractivity contribution is -0.385. The maximum absolute atomic E-state index is 10.7. The van der Waals surface area contributed by atoms with Crippen molar-refractivity contribution in [3.05, 3.63) is 27.9 Å². The Labute approximate surface area is 105 Å². The maximum atomic E-state index is 10.7. The first-order chi connectivity index (χ1) is 8.65. The van der Waals surface area contributed by atoms with Crippen LogP contribution in [-0.2, 0) is 0 Å². The first-order valence-corrected chi connectivity index (χ1v) is 5.97. The standard InChI is InChI=1S/C12H14N4O2/c1-2-3-8-6-9(8)14-12-5-4-11(16(17)18)10(7-13)15-12/h4-5,8-9H,2-3,6H2,1H3,(H,14,15). The van der Waals surface area contributed by atoms with Crippen molar-refractivity contribution < 1.29 is 4.92 Å². The van der Waals surface area contributed by atoms with Gasteiger partial charge in [-0.3, -0.25) is 10.1 Å². The zero-order valence-corrected chi connectivity index (χ0v) is 10.1. The average Bonchev–Trinajstić information content (AvgIpc) is 3.07. The molecule has 6 heteroatoms. The van der Waals surface area contributed by atoms with Crippen LogP contribution in [0.25, 0.3) is 0 Å². The molecule has 2 atom stereocenters. The first kappa shape index (κ1) is 12.3. The van der Waals surface area contributed by atoms with Crippen LogP contribution in [0.4, 0.5) is 11.5 Å². The molecule has 2 rings (SSSR count). The summed E-state index contributed by atoms with van der Waals surface area (Å²) in [5.74, 6) is 1.21. The Bertz CT molecular complexity index is 509. The lowest BCUT2D eigenvalue weighted by Gasteiger charge is -2.04. The molecule has 1 aromatic heterocycles. The molecule has 0 spiro atoms. The van der Waals surface area contributed by atoms with Gasteiger partial charge in [0.1, 0.15) is 11.9 Å². The van der Waals surface area contributed by atoms with Gasteiger partial charge in [0.15, 0.2) is 0 Å². The number of nitrogens with zero attached hydrogens (tertiary/aromatic N) is 3. The van der Waals surface area contributed by atoms with E-state index in [-0.39, 0.29) is 11.4 Å². The van der Waals surface area contributed by atoms with E-state index in [9.17, 15) is 10.1 Å². The second-order valence-corrected chi connectivity index (χ2v) is 4.47. The van der Waals surface area contributed by atoms with Crippen molar-refractivity contribution >= 4 is 11.5 Å². The highest BCUT2D eigenvalue weighted by molar-refractivity contribution is 5.51. The highest BCUT2D eigenvalue weighted by Gasteiger charge is 2.36. The molecule has 0 radical (unpaired) electrons. The average molecular weight is 246 g/mol. The van der Waals surface area contributed by atoms with Crippen molar-refractivity contribution in [1.29, 1.82) is 5.26 Å². The quantitative estimate of drug-likeness (QED) is 0.636. The van der Waals surface area contributed by atoms with Gasteiger partial charge in [0.2, 0.25) is 5.69 Å². The molecule has 18 heavy (non-hydrogen) atoms. The van der Waals surface area contributed by atoms with E-state index in [1.165, 1.54) is 12.5 Å². The normalized spacial score (nSPS) is 21.1. The van der Waals surface area contributed by atoms with E-state index >= 15 is 0 Å².